The summed E-state index contributed by atoms with van der Waals surface area (Å²) in [5, 5.41) is 2.64. The van der Waals surface area contributed by atoms with Gasteiger partial charge in [0.15, 0.2) is 17.3 Å². The predicted octanol–water partition coefficient (Wildman–Crippen LogP) is 2.20. The third-order valence-electron chi connectivity index (χ3n) is 4.05. The molecule has 0 aliphatic carbocycles. The zero-order valence-electron chi connectivity index (χ0n) is 15.3. The average Bonchev–Trinajstić information content (AvgIpc) is 2.88. The lowest BCUT2D eigenvalue weighted by molar-refractivity contribution is 0.0996. The van der Waals surface area contributed by atoms with Crippen LogP contribution < -0.4 is 20.5 Å². The van der Waals surface area contributed by atoms with Crippen molar-refractivity contribution in [3.63, 3.8) is 0 Å². The lowest BCUT2D eigenvalue weighted by Crippen LogP contribution is -2.19. The van der Waals surface area contributed by atoms with Gasteiger partial charge < -0.3 is 25.5 Å². The van der Waals surface area contributed by atoms with Crippen molar-refractivity contribution >= 4 is 23.3 Å². The summed E-state index contributed by atoms with van der Waals surface area (Å²) < 4.78 is 10.3. The summed E-state index contributed by atoms with van der Waals surface area (Å²) in [5.41, 5.74) is 7.49. The van der Waals surface area contributed by atoms with Crippen molar-refractivity contribution in [3.8, 4) is 11.5 Å². The van der Waals surface area contributed by atoms with E-state index >= 15 is 0 Å². The van der Waals surface area contributed by atoms with E-state index in [2.05, 4.69) is 10.3 Å². The highest BCUT2D eigenvalue weighted by atomic mass is 16.5. The number of aromatic amines is 1. The number of amides is 2. The number of aromatic nitrogens is 1. The molecule has 0 aliphatic heterocycles. The zero-order chi connectivity index (χ0) is 19.6. The SMILES string of the molecule is COc1cc(NC(=O)c2[nH]c(C)c(C(C)=O)c2C)c(C(N)=O)cc1OC. The summed E-state index contributed by atoms with van der Waals surface area (Å²) >= 11 is 0. The Morgan fingerprint density at radius 3 is 2.12 bits per heavy atom. The summed E-state index contributed by atoms with van der Waals surface area (Å²) in [4.78, 5) is 39.1. The number of carbonyl (C=O) groups excluding carboxylic acids is 3. The van der Waals surface area contributed by atoms with Gasteiger partial charge in [-0.05, 0) is 32.4 Å². The van der Waals surface area contributed by atoms with Gasteiger partial charge in [0, 0.05) is 17.3 Å². The van der Waals surface area contributed by atoms with Crippen molar-refractivity contribution in [2.75, 3.05) is 19.5 Å². The Morgan fingerprint density at radius 2 is 1.65 bits per heavy atom. The van der Waals surface area contributed by atoms with Crippen LogP contribution in [-0.2, 0) is 0 Å². The number of rotatable bonds is 6. The van der Waals surface area contributed by atoms with Gasteiger partial charge in [0.05, 0.1) is 25.5 Å². The lowest BCUT2D eigenvalue weighted by atomic mass is 10.1. The highest BCUT2D eigenvalue weighted by Crippen LogP contribution is 2.33. The van der Waals surface area contributed by atoms with Gasteiger partial charge in [-0.25, -0.2) is 0 Å². The van der Waals surface area contributed by atoms with E-state index in [0.29, 0.717) is 28.3 Å². The third-order valence-corrected chi connectivity index (χ3v) is 4.05. The zero-order valence-corrected chi connectivity index (χ0v) is 15.3. The fraction of sp³-hybridized carbons (Fsp3) is 0.278. The van der Waals surface area contributed by atoms with Crippen LogP contribution in [-0.4, -0.2) is 36.8 Å². The maximum absolute atomic E-state index is 12.7. The number of hydrogen-bond donors (Lipinski definition) is 3. The molecule has 0 saturated heterocycles. The number of hydrogen-bond acceptors (Lipinski definition) is 5. The van der Waals surface area contributed by atoms with E-state index in [9.17, 15) is 14.4 Å². The van der Waals surface area contributed by atoms with Gasteiger partial charge in [-0.15, -0.1) is 0 Å². The minimum Gasteiger partial charge on any atom is -0.493 e. The van der Waals surface area contributed by atoms with Crippen molar-refractivity contribution in [1.29, 1.82) is 0 Å². The van der Waals surface area contributed by atoms with Crippen molar-refractivity contribution in [1.82, 2.24) is 4.98 Å². The molecule has 0 aliphatic rings. The Morgan fingerprint density at radius 1 is 1.08 bits per heavy atom. The second-order valence-electron chi connectivity index (χ2n) is 5.75. The lowest BCUT2D eigenvalue weighted by Gasteiger charge is -2.14. The van der Waals surface area contributed by atoms with Gasteiger partial charge in [0.2, 0.25) is 0 Å². The highest BCUT2D eigenvalue weighted by molar-refractivity contribution is 6.10. The molecule has 138 valence electrons. The van der Waals surface area contributed by atoms with Gasteiger partial charge in [0.1, 0.15) is 5.69 Å². The van der Waals surface area contributed by atoms with E-state index in [4.69, 9.17) is 15.2 Å². The molecule has 0 radical (unpaired) electrons. The number of H-pyrrole nitrogens is 1. The molecule has 0 spiro atoms. The molecule has 8 nitrogen and oxygen atoms in total. The minimum atomic E-state index is -0.731. The van der Waals surface area contributed by atoms with E-state index in [1.807, 2.05) is 0 Å². The Hall–Kier alpha value is -3.29. The number of ketones is 1. The summed E-state index contributed by atoms with van der Waals surface area (Å²) in [6.45, 7) is 4.83. The molecule has 2 aromatic rings. The largest absolute Gasteiger partial charge is 0.493 e. The van der Waals surface area contributed by atoms with Crippen LogP contribution in [0.15, 0.2) is 12.1 Å². The van der Waals surface area contributed by atoms with Crippen LogP contribution in [0.3, 0.4) is 0 Å². The quantitative estimate of drug-likeness (QED) is 0.682. The second kappa shape index (κ2) is 7.30. The molecule has 0 atom stereocenters. The van der Waals surface area contributed by atoms with Gasteiger partial charge in [-0.2, -0.15) is 0 Å². The number of Topliss-reactive ketones (excluding diaryl/α,β-unsaturated/α-hetero) is 1. The van der Waals surface area contributed by atoms with Crippen molar-refractivity contribution < 1.29 is 23.9 Å². The maximum Gasteiger partial charge on any atom is 0.272 e. The molecule has 1 aromatic carbocycles. The molecule has 2 amide bonds. The molecule has 1 aromatic heterocycles. The first kappa shape index (κ1) is 19.0. The van der Waals surface area contributed by atoms with E-state index in [1.54, 1.807) is 13.8 Å². The first-order chi connectivity index (χ1) is 12.2. The number of nitrogens with one attached hydrogen (secondary N) is 2. The first-order valence-electron chi connectivity index (χ1n) is 7.78. The fourth-order valence-corrected chi connectivity index (χ4v) is 2.88. The topological polar surface area (TPSA) is 124 Å². The Bertz CT molecular complexity index is 899. The normalized spacial score (nSPS) is 10.3. The van der Waals surface area contributed by atoms with E-state index in [1.165, 1.54) is 33.3 Å². The van der Waals surface area contributed by atoms with Crippen LogP contribution in [0.5, 0.6) is 11.5 Å². The number of ether oxygens (including phenoxy) is 2. The van der Waals surface area contributed by atoms with Crippen LogP contribution in [0.2, 0.25) is 0 Å². The fourth-order valence-electron chi connectivity index (χ4n) is 2.88. The number of nitrogens with two attached hydrogens (primary N) is 1. The third kappa shape index (κ3) is 3.39. The molecule has 0 fully saturated rings. The van der Waals surface area contributed by atoms with Gasteiger partial charge in [-0.1, -0.05) is 0 Å². The summed E-state index contributed by atoms with van der Waals surface area (Å²) in [7, 11) is 2.86. The molecule has 2 rings (SSSR count). The number of primary amides is 1. The van der Waals surface area contributed by atoms with Crippen LogP contribution in [0.25, 0.3) is 0 Å². The summed E-state index contributed by atoms with van der Waals surface area (Å²) in [6, 6.07) is 2.85. The Balaban J connectivity index is 2.48. The Kier molecular flexibility index (Phi) is 5.35. The van der Waals surface area contributed by atoms with Crippen LogP contribution >= 0.6 is 0 Å². The van der Waals surface area contributed by atoms with E-state index in [-0.39, 0.29) is 22.7 Å². The van der Waals surface area contributed by atoms with Gasteiger partial charge in [-0.3, -0.25) is 14.4 Å². The second-order valence-corrected chi connectivity index (χ2v) is 5.75. The molecule has 0 bridgehead atoms. The molecule has 8 heteroatoms. The molecule has 0 unspecified atom stereocenters. The predicted molar refractivity (Wildman–Crippen MR) is 96.3 cm³/mol. The minimum absolute atomic E-state index is 0.0729. The van der Waals surface area contributed by atoms with Crippen LogP contribution in [0, 0.1) is 13.8 Å². The monoisotopic (exact) mass is 359 g/mol. The summed E-state index contributed by atoms with van der Waals surface area (Å²) in [5.74, 6) is -0.737. The molecular weight excluding hydrogens is 338 g/mol. The van der Waals surface area contributed by atoms with Crippen molar-refractivity contribution in [3.05, 3.63) is 40.2 Å². The first-order valence-corrected chi connectivity index (χ1v) is 7.78. The molecule has 1 heterocycles. The highest BCUT2D eigenvalue weighted by Gasteiger charge is 2.22. The molecule has 26 heavy (non-hydrogen) atoms. The van der Waals surface area contributed by atoms with Crippen molar-refractivity contribution in [2.24, 2.45) is 5.73 Å². The molecular formula is C18H21N3O5. The smallest absolute Gasteiger partial charge is 0.272 e. The van der Waals surface area contributed by atoms with E-state index < -0.39 is 11.8 Å². The van der Waals surface area contributed by atoms with Gasteiger partial charge >= 0.3 is 0 Å². The average molecular weight is 359 g/mol. The Labute approximate surface area is 150 Å². The standard InChI is InChI=1S/C18H21N3O5/c1-8-15(10(3)22)9(2)20-16(8)18(24)21-12-7-14(26-5)13(25-4)6-11(12)17(19)23/h6-7,20H,1-5H3,(H2,19,23)(H,21,24). The van der Waals surface area contributed by atoms with Crippen LogP contribution in [0.1, 0.15) is 49.4 Å². The molecule has 4 N–H and O–H groups in total. The van der Waals surface area contributed by atoms with E-state index in [0.717, 1.165) is 0 Å². The van der Waals surface area contributed by atoms with Crippen LogP contribution in [0.4, 0.5) is 5.69 Å². The summed E-state index contributed by atoms with van der Waals surface area (Å²) in [6.07, 6.45) is 0. The number of aryl methyl sites for hydroxylation is 1. The number of benzene rings is 1. The molecule has 0 saturated carbocycles. The maximum atomic E-state index is 12.7. The van der Waals surface area contributed by atoms with Crippen molar-refractivity contribution in [2.45, 2.75) is 20.8 Å². The number of carbonyl (C=O) groups is 3. The number of anilines is 1. The van der Waals surface area contributed by atoms with Gasteiger partial charge in [0.25, 0.3) is 11.8 Å². The number of methoxy groups -OCH3 is 2.